The third-order valence-corrected chi connectivity index (χ3v) is 6.43. The number of anilines is 1. The Kier molecular flexibility index (Phi) is 6.15. The van der Waals surface area contributed by atoms with Crippen LogP contribution >= 0.6 is 11.3 Å². The van der Waals surface area contributed by atoms with Crippen molar-refractivity contribution in [3.05, 3.63) is 84.4 Å². The number of aromatic nitrogens is 4. The molecular formula is C25H18F3N5O2S. The highest BCUT2D eigenvalue weighted by Gasteiger charge is 2.30. The lowest BCUT2D eigenvalue weighted by Gasteiger charge is -2.09. The number of fused-ring (bicyclic) bond motifs is 1. The van der Waals surface area contributed by atoms with Crippen LogP contribution in [0.15, 0.2) is 73.3 Å². The number of amides is 1. The molecule has 1 N–H and O–H groups in total. The first-order valence-corrected chi connectivity index (χ1v) is 11.5. The number of nitrogens with one attached hydrogen (secondary N) is 1. The molecule has 5 rings (SSSR count). The molecular weight excluding hydrogens is 491 g/mol. The fraction of sp³-hybridized carbons (Fsp3) is 0.120. The number of hydrogen-bond acceptors (Lipinski definition) is 6. The van der Waals surface area contributed by atoms with Crippen LogP contribution in [-0.2, 0) is 24.4 Å². The van der Waals surface area contributed by atoms with Crippen LogP contribution in [0.5, 0.6) is 11.5 Å². The molecule has 4 heterocycles. The number of rotatable bonds is 6. The zero-order chi connectivity index (χ0) is 25.3. The Morgan fingerprint density at radius 2 is 1.86 bits per heavy atom. The van der Waals surface area contributed by atoms with E-state index in [1.807, 2.05) is 23.9 Å². The number of benzene rings is 1. The van der Waals surface area contributed by atoms with Crippen molar-refractivity contribution >= 4 is 33.3 Å². The highest BCUT2D eigenvalue weighted by Crippen LogP contribution is 2.38. The Bertz CT molecular complexity index is 1530. The normalized spacial score (nSPS) is 11.6. The number of thiophene rings is 1. The van der Waals surface area contributed by atoms with Gasteiger partial charge in [-0.15, -0.1) is 11.3 Å². The molecule has 36 heavy (non-hydrogen) atoms. The topological polar surface area (TPSA) is 81.9 Å². The number of carbonyl (C=O) groups is 1. The number of hydrogen-bond donors (Lipinski definition) is 1. The van der Waals surface area contributed by atoms with E-state index in [2.05, 4.69) is 20.3 Å². The number of halogens is 3. The van der Waals surface area contributed by atoms with E-state index in [9.17, 15) is 18.0 Å². The second-order valence-electron chi connectivity index (χ2n) is 7.90. The maximum absolute atomic E-state index is 12.6. The van der Waals surface area contributed by atoms with Crippen molar-refractivity contribution in [2.75, 3.05) is 5.32 Å². The van der Waals surface area contributed by atoms with Crippen molar-refractivity contribution in [3.63, 3.8) is 0 Å². The maximum Gasteiger partial charge on any atom is 0.417 e. The monoisotopic (exact) mass is 509 g/mol. The van der Waals surface area contributed by atoms with Gasteiger partial charge in [0.05, 0.1) is 27.1 Å². The Hall–Kier alpha value is -4.25. The lowest BCUT2D eigenvalue weighted by Crippen LogP contribution is -2.15. The van der Waals surface area contributed by atoms with Gasteiger partial charge in [0, 0.05) is 37.9 Å². The van der Waals surface area contributed by atoms with Crippen molar-refractivity contribution in [1.82, 2.24) is 19.5 Å². The molecule has 182 valence electrons. The van der Waals surface area contributed by atoms with Gasteiger partial charge < -0.3 is 14.6 Å². The molecule has 0 bridgehead atoms. The average molecular weight is 510 g/mol. The van der Waals surface area contributed by atoms with Crippen molar-refractivity contribution in [2.45, 2.75) is 12.6 Å². The van der Waals surface area contributed by atoms with Crippen molar-refractivity contribution in [3.8, 4) is 22.2 Å². The molecule has 1 aromatic carbocycles. The van der Waals surface area contributed by atoms with Gasteiger partial charge in [-0.1, -0.05) is 12.1 Å². The van der Waals surface area contributed by atoms with Gasteiger partial charge in [-0.05, 0) is 35.9 Å². The smallest absolute Gasteiger partial charge is 0.417 e. The molecule has 0 aliphatic heterocycles. The molecule has 4 aromatic heterocycles. The average Bonchev–Trinajstić information content (AvgIpc) is 3.46. The largest absolute Gasteiger partial charge is 0.456 e. The number of alkyl halides is 3. The quantitative estimate of drug-likeness (QED) is 0.300. The van der Waals surface area contributed by atoms with Gasteiger partial charge in [-0.25, -0.2) is 9.97 Å². The minimum absolute atomic E-state index is 0.0282. The van der Waals surface area contributed by atoms with Crippen LogP contribution in [0, 0.1) is 0 Å². The minimum Gasteiger partial charge on any atom is -0.456 e. The minimum atomic E-state index is -4.48. The highest BCUT2D eigenvalue weighted by molar-refractivity contribution is 7.22. The third kappa shape index (κ3) is 5.05. The molecule has 7 nitrogen and oxygen atoms in total. The van der Waals surface area contributed by atoms with E-state index in [1.54, 1.807) is 42.7 Å². The van der Waals surface area contributed by atoms with Crippen LogP contribution in [0.3, 0.4) is 0 Å². The predicted octanol–water partition coefficient (Wildman–Crippen LogP) is 6.08. The Morgan fingerprint density at radius 3 is 2.53 bits per heavy atom. The second-order valence-corrected chi connectivity index (χ2v) is 8.95. The zero-order valence-corrected chi connectivity index (χ0v) is 19.6. The first-order valence-electron chi connectivity index (χ1n) is 10.7. The lowest BCUT2D eigenvalue weighted by atomic mass is 10.1. The molecule has 0 radical (unpaired) electrons. The van der Waals surface area contributed by atoms with Gasteiger partial charge in [0.2, 0.25) is 5.91 Å². The molecule has 0 saturated carbocycles. The molecule has 0 saturated heterocycles. The summed E-state index contributed by atoms with van der Waals surface area (Å²) in [7, 11) is 1.93. The molecule has 0 fully saturated rings. The number of imidazole rings is 1. The Morgan fingerprint density at radius 1 is 1.06 bits per heavy atom. The van der Waals surface area contributed by atoms with Gasteiger partial charge in [-0.3, -0.25) is 9.78 Å². The zero-order valence-electron chi connectivity index (χ0n) is 18.8. The fourth-order valence-corrected chi connectivity index (χ4v) is 4.62. The van der Waals surface area contributed by atoms with E-state index in [-0.39, 0.29) is 12.2 Å². The molecule has 0 atom stereocenters. The number of aryl methyl sites for hydroxylation is 1. The number of carbonyl (C=O) groups excluding carboxylic acids is 1. The van der Waals surface area contributed by atoms with Crippen LogP contribution in [0.2, 0.25) is 0 Å². The molecule has 0 unspecified atom stereocenters. The standard InChI is InChI=1S/C25H18F3N5O2S/c1-33-11-10-30-24(33)20-13-18-23(36-20)19(8-9-29-18)35-17-5-2-15(3-6-17)12-22(34)32-21-7-4-16(14-31-21)25(26,27)28/h2-11,13-14H,12H2,1H3,(H,31,32,34). The summed E-state index contributed by atoms with van der Waals surface area (Å²) in [5.74, 6) is 1.74. The molecule has 5 aromatic rings. The highest BCUT2D eigenvalue weighted by atomic mass is 32.1. The number of ether oxygens (including phenoxy) is 1. The third-order valence-electron chi connectivity index (χ3n) is 5.29. The maximum atomic E-state index is 12.6. The van der Waals surface area contributed by atoms with Crippen molar-refractivity contribution in [1.29, 1.82) is 0 Å². The predicted molar refractivity (Wildman–Crippen MR) is 130 cm³/mol. The summed E-state index contributed by atoms with van der Waals surface area (Å²) in [6.07, 6.45) is 1.54. The van der Waals surface area contributed by atoms with Crippen LogP contribution < -0.4 is 10.1 Å². The molecule has 0 aliphatic rings. The number of pyridine rings is 2. The molecule has 11 heteroatoms. The van der Waals surface area contributed by atoms with Crippen molar-refractivity contribution < 1.29 is 22.7 Å². The Balaban J connectivity index is 1.25. The summed E-state index contributed by atoms with van der Waals surface area (Å²) in [6, 6.07) is 12.8. The summed E-state index contributed by atoms with van der Waals surface area (Å²) >= 11 is 1.54. The van der Waals surface area contributed by atoms with Gasteiger partial charge in [0.15, 0.2) is 0 Å². The summed E-state index contributed by atoms with van der Waals surface area (Å²) in [5.41, 5.74) is 0.637. The van der Waals surface area contributed by atoms with E-state index in [1.165, 1.54) is 11.3 Å². The summed E-state index contributed by atoms with van der Waals surface area (Å²) < 4.78 is 46.9. The van der Waals surface area contributed by atoms with E-state index in [0.29, 0.717) is 23.3 Å². The van der Waals surface area contributed by atoms with E-state index >= 15 is 0 Å². The van der Waals surface area contributed by atoms with Gasteiger partial charge >= 0.3 is 6.18 Å². The SMILES string of the molecule is Cn1ccnc1-c1cc2nccc(Oc3ccc(CC(=O)Nc4ccc(C(F)(F)F)cn4)cc3)c2s1. The number of nitrogens with zero attached hydrogens (tertiary/aromatic N) is 4. The van der Waals surface area contributed by atoms with Crippen LogP contribution in [0.25, 0.3) is 20.9 Å². The first kappa shape index (κ1) is 23.5. The molecule has 0 aliphatic carbocycles. The van der Waals surface area contributed by atoms with Crippen LogP contribution in [0.4, 0.5) is 19.0 Å². The van der Waals surface area contributed by atoms with E-state index in [0.717, 1.165) is 33.1 Å². The van der Waals surface area contributed by atoms with E-state index < -0.39 is 17.6 Å². The molecule has 0 spiro atoms. The molecule has 1 amide bonds. The van der Waals surface area contributed by atoms with E-state index in [4.69, 9.17) is 4.74 Å². The summed E-state index contributed by atoms with van der Waals surface area (Å²) in [5, 5.41) is 2.50. The lowest BCUT2D eigenvalue weighted by molar-refractivity contribution is -0.137. The van der Waals surface area contributed by atoms with Crippen molar-refractivity contribution in [2.24, 2.45) is 7.05 Å². The van der Waals surface area contributed by atoms with Crippen LogP contribution in [0.1, 0.15) is 11.1 Å². The van der Waals surface area contributed by atoms with Gasteiger partial charge in [0.25, 0.3) is 0 Å². The van der Waals surface area contributed by atoms with Gasteiger partial charge in [-0.2, -0.15) is 13.2 Å². The fourth-order valence-electron chi connectivity index (χ4n) is 3.52. The van der Waals surface area contributed by atoms with Gasteiger partial charge in [0.1, 0.15) is 23.1 Å². The Labute approximate surface area is 207 Å². The van der Waals surface area contributed by atoms with Crippen LogP contribution in [-0.4, -0.2) is 25.4 Å². The summed E-state index contributed by atoms with van der Waals surface area (Å²) in [6.45, 7) is 0. The summed E-state index contributed by atoms with van der Waals surface area (Å²) in [4.78, 5) is 25.7. The first-order chi connectivity index (χ1) is 17.3. The second kappa shape index (κ2) is 9.42.